The average molecular weight is 321 g/mol. The van der Waals surface area contributed by atoms with Crippen molar-refractivity contribution in [1.82, 2.24) is 4.98 Å². The van der Waals surface area contributed by atoms with Gasteiger partial charge in [0.05, 0.1) is 10.2 Å². The van der Waals surface area contributed by atoms with Crippen molar-refractivity contribution in [3.63, 3.8) is 0 Å². The van der Waals surface area contributed by atoms with Gasteiger partial charge in [-0.05, 0) is 30.5 Å². The van der Waals surface area contributed by atoms with Gasteiger partial charge in [0.25, 0.3) is 0 Å². The van der Waals surface area contributed by atoms with Gasteiger partial charge in [-0.2, -0.15) is 13.2 Å². The highest BCUT2D eigenvalue weighted by Gasteiger charge is 2.44. The average Bonchev–Trinajstić information content (AvgIpc) is 2.76. The molecule has 0 spiro atoms. The highest BCUT2D eigenvalue weighted by Crippen LogP contribution is 2.38. The minimum Gasteiger partial charge on any atom is -0.304 e. The van der Waals surface area contributed by atoms with Crippen LogP contribution in [0.15, 0.2) is 12.1 Å². The minimum absolute atomic E-state index is 0.0728. The van der Waals surface area contributed by atoms with E-state index in [1.165, 1.54) is 17.4 Å². The summed E-state index contributed by atoms with van der Waals surface area (Å²) in [4.78, 5) is 16.4. The summed E-state index contributed by atoms with van der Waals surface area (Å²) >= 11 is 7.07. The number of anilines is 1. The Labute approximate surface area is 121 Å². The second kappa shape index (κ2) is 4.60. The number of alkyl halides is 3. The number of aromatic nitrogens is 1. The van der Waals surface area contributed by atoms with E-state index in [0.29, 0.717) is 28.5 Å². The number of nitrogens with zero attached hydrogens (tertiary/aromatic N) is 2. The van der Waals surface area contributed by atoms with Gasteiger partial charge in [-0.1, -0.05) is 11.6 Å². The van der Waals surface area contributed by atoms with Gasteiger partial charge in [0.1, 0.15) is 0 Å². The molecule has 0 atom stereocenters. The molecule has 1 aromatic carbocycles. The second-order valence-corrected chi connectivity index (χ2v) is 6.02. The molecule has 1 aliphatic rings. The molecule has 0 radical (unpaired) electrons. The van der Waals surface area contributed by atoms with Crippen molar-refractivity contribution in [3.05, 3.63) is 22.2 Å². The highest BCUT2D eigenvalue weighted by atomic mass is 35.5. The van der Waals surface area contributed by atoms with Gasteiger partial charge in [-0.25, -0.2) is 4.98 Å². The third-order valence-corrected chi connectivity index (χ3v) is 4.43. The zero-order valence-electron chi connectivity index (χ0n) is 10.00. The van der Waals surface area contributed by atoms with E-state index in [-0.39, 0.29) is 6.54 Å². The number of hydrogen-bond acceptors (Lipinski definition) is 3. The van der Waals surface area contributed by atoms with Crippen molar-refractivity contribution >= 4 is 44.7 Å². The van der Waals surface area contributed by atoms with Crippen LogP contribution in [-0.2, 0) is 11.2 Å². The Bertz CT molecular complexity index is 698. The summed E-state index contributed by atoms with van der Waals surface area (Å²) in [6, 6.07) is 3.11. The Morgan fingerprint density at radius 3 is 2.85 bits per heavy atom. The molecule has 3 nitrogen and oxygen atoms in total. The van der Waals surface area contributed by atoms with Crippen molar-refractivity contribution < 1.29 is 18.0 Å². The lowest BCUT2D eigenvalue weighted by Crippen LogP contribution is -2.43. The number of benzene rings is 1. The number of carbonyl (C=O) groups excluding carboxylic acids is 1. The van der Waals surface area contributed by atoms with Crippen LogP contribution in [0.5, 0.6) is 0 Å². The predicted octanol–water partition coefficient (Wildman–Crippen LogP) is 3.79. The second-order valence-electron chi connectivity index (χ2n) is 4.44. The first-order valence-electron chi connectivity index (χ1n) is 5.84. The number of aryl methyl sites for hydroxylation is 1. The van der Waals surface area contributed by atoms with Gasteiger partial charge < -0.3 is 4.90 Å². The van der Waals surface area contributed by atoms with E-state index < -0.39 is 12.1 Å². The van der Waals surface area contributed by atoms with Crippen LogP contribution in [-0.4, -0.2) is 23.6 Å². The number of hydrogen-bond donors (Lipinski definition) is 0. The van der Waals surface area contributed by atoms with Gasteiger partial charge in [-0.15, -0.1) is 11.3 Å². The normalized spacial score (nSPS) is 15.5. The first-order chi connectivity index (χ1) is 9.38. The van der Waals surface area contributed by atoms with E-state index in [9.17, 15) is 18.0 Å². The number of fused-ring (bicyclic) bond motifs is 3. The van der Waals surface area contributed by atoms with E-state index in [2.05, 4.69) is 4.98 Å². The molecule has 0 saturated carbocycles. The first kappa shape index (κ1) is 13.6. The Hall–Kier alpha value is -1.34. The molecule has 1 aromatic heterocycles. The zero-order valence-corrected chi connectivity index (χ0v) is 11.6. The molecule has 1 aliphatic heterocycles. The molecule has 3 rings (SSSR count). The van der Waals surface area contributed by atoms with E-state index in [1.54, 1.807) is 6.07 Å². The van der Waals surface area contributed by atoms with Crippen molar-refractivity contribution in [2.45, 2.75) is 19.0 Å². The van der Waals surface area contributed by atoms with Crippen LogP contribution in [0.1, 0.15) is 12.0 Å². The molecule has 2 heterocycles. The first-order valence-corrected chi connectivity index (χ1v) is 7.04. The van der Waals surface area contributed by atoms with E-state index in [0.717, 1.165) is 15.2 Å². The molecule has 106 valence electrons. The smallest absolute Gasteiger partial charge is 0.304 e. The van der Waals surface area contributed by atoms with Crippen LogP contribution < -0.4 is 4.90 Å². The number of thiazole rings is 1. The summed E-state index contributed by atoms with van der Waals surface area (Å²) in [5.74, 6) is -1.83. The maximum Gasteiger partial charge on any atom is 0.471 e. The summed E-state index contributed by atoms with van der Waals surface area (Å²) in [7, 11) is 0. The molecular weight excluding hydrogens is 313 g/mol. The Morgan fingerprint density at radius 1 is 1.40 bits per heavy atom. The van der Waals surface area contributed by atoms with Crippen molar-refractivity contribution in [2.24, 2.45) is 0 Å². The van der Waals surface area contributed by atoms with Gasteiger partial charge in [0.15, 0.2) is 4.47 Å². The predicted molar refractivity (Wildman–Crippen MR) is 71.4 cm³/mol. The fraction of sp³-hybridized carbons (Fsp3) is 0.333. The minimum atomic E-state index is -4.87. The third kappa shape index (κ3) is 2.14. The summed E-state index contributed by atoms with van der Waals surface area (Å²) in [5.41, 5.74) is 1.68. The molecule has 2 aromatic rings. The van der Waals surface area contributed by atoms with E-state index >= 15 is 0 Å². The fourth-order valence-corrected chi connectivity index (χ4v) is 3.58. The standard InChI is InChI=1S/C12H8ClF3N2OS/c13-11-17-7-3-4-8-6(9(7)20-11)2-1-5-18(8)10(19)12(14,15)16/h3-4H,1-2,5H2. The lowest BCUT2D eigenvalue weighted by Gasteiger charge is -2.30. The summed E-state index contributed by atoms with van der Waals surface area (Å²) in [6.07, 6.45) is -3.76. The maximum atomic E-state index is 12.6. The molecule has 20 heavy (non-hydrogen) atoms. The quantitative estimate of drug-likeness (QED) is 0.740. The van der Waals surface area contributed by atoms with Crippen LogP contribution in [0.3, 0.4) is 0 Å². The van der Waals surface area contributed by atoms with Crippen LogP contribution in [0.2, 0.25) is 4.47 Å². The highest BCUT2D eigenvalue weighted by molar-refractivity contribution is 7.22. The van der Waals surface area contributed by atoms with Gasteiger partial charge >= 0.3 is 12.1 Å². The van der Waals surface area contributed by atoms with Crippen LogP contribution in [0.25, 0.3) is 10.2 Å². The molecule has 0 saturated heterocycles. The summed E-state index contributed by atoms with van der Waals surface area (Å²) in [5, 5.41) is 0. The third-order valence-electron chi connectivity index (χ3n) is 3.20. The van der Waals surface area contributed by atoms with Crippen LogP contribution >= 0.6 is 22.9 Å². The lowest BCUT2D eigenvalue weighted by molar-refractivity contribution is -0.170. The lowest BCUT2D eigenvalue weighted by atomic mass is 10.0. The maximum absolute atomic E-state index is 12.6. The largest absolute Gasteiger partial charge is 0.471 e. The number of rotatable bonds is 0. The zero-order chi connectivity index (χ0) is 14.5. The van der Waals surface area contributed by atoms with E-state index in [1.807, 2.05) is 0 Å². The van der Waals surface area contributed by atoms with Gasteiger partial charge in [0.2, 0.25) is 0 Å². The Kier molecular flexibility index (Phi) is 3.13. The molecule has 0 aliphatic carbocycles. The van der Waals surface area contributed by atoms with Crippen molar-refractivity contribution in [2.75, 3.05) is 11.4 Å². The molecule has 8 heteroatoms. The molecule has 0 fully saturated rings. The van der Waals surface area contributed by atoms with Crippen molar-refractivity contribution in [1.29, 1.82) is 0 Å². The van der Waals surface area contributed by atoms with Crippen LogP contribution in [0, 0.1) is 0 Å². The van der Waals surface area contributed by atoms with E-state index in [4.69, 9.17) is 11.6 Å². The molecule has 0 bridgehead atoms. The SMILES string of the molecule is O=C(N1CCCc2c1ccc1nc(Cl)sc21)C(F)(F)F. The van der Waals surface area contributed by atoms with Gasteiger partial charge in [-0.3, -0.25) is 4.79 Å². The number of amides is 1. The number of carbonyl (C=O) groups is 1. The molecule has 0 unspecified atom stereocenters. The van der Waals surface area contributed by atoms with Gasteiger partial charge in [0, 0.05) is 12.2 Å². The molecule has 1 amide bonds. The summed E-state index contributed by atoms with van der Waals surface area (Å²) in [6.45, 7) is 0.0728. The fourth-order valence-electron chi connectivity index (χ4n) is 2.40. The van der Waals surface area contributed by atoms with Crippen molar-refractivity contribution in [3.8, 4) is 0 Å². The topological polar surface area (TPSA) is 33.2 Å². The summed E-state index contributed by atoms with van der Waals surface area (Å²) < 4.78 is 39.0. The monoisotopic (exact) mass is 320 g/mol. The molecular formula is C12H8ClF3N2OS. The van der Waals surface area contributed by atoms with Crippen LogP contribution in [0.4, 0.5) is 18.9 Å². The molecule has 0 N–H and O–H groups in total. The Morgan fingerprint density at radius 2 is 2.15 bits per heavy atom. The number of halogens is 4. The Balaban J connectivity index is 2.14.